The summed E-state index contributed by atoms with van der Waals surface area (Å²) >= 11 is 1.63. The van der Waals surface area contributed by atoms with Gasteiger partial charge in [0.2, 0.25) is 0 Å². The molecule has 1 aliphatic heterocycles. The molecule has 1 aromatic heterocycles. The van der Waals surface area contributed by atoms with Gasteiger partial charge in [-0.05, 0) is 13.3 Å². The van der Waals surface area contributed by atoms with Crippen LogP contribution in [0.1, 0.15) is 12.1 Å². The van der Waals surface area contributed by atoms with Crippen molar-refractivity contribution in [2.45, 2.75) is 25.5 Å². The molecular weight excluding hydrogens is 212 g/mol. The molecule has 1 fully saturated rings. The van der Waals surface area contributed by atoms with Gasteiger partial charge < -0.3 is 14.7 Å². The van der Waals surface area contributed by atoms with Gasteiger partial charge in [-0.25, -0.2) is 4.98 Å². The second-order valence-electron chi connectivity index (χ2n) is 3.85. The standard InChI is InChI=1S/C10H16N2O2S/c1-7-6-15-10(11-7)12-4-9(14-2)3-8(12)5-13/h6,8-9,13H,3-5H2,1-2H3/t8-,9+/m1/s1. The van der Waals surface area contributed by atoms with Gasteiger partial charge in [0.15, 0.2) is 5.13 Å². The van der Waals surface area contributed by atoms with E-state index in [2.05, 4.69) is 9.88 Å². The number of hydrogen-bond donors (Lipinski definition) is 1. The summed E-state index contributed by atoms with van der Waals surface area (Å²) in [6.07, 6.45) is 1.09. The molecule has 84 valence electrons. The minimum atomic E-state index is 0.153. The normalized spacial score (nSPS) is 26.2. The van der Waals surface area contributed by atoms with E-state index in [-0.39, 0.29) is 18.8 Å². The monoisotopic (exact) mass is 228 g/mol. The molecule has 4 nitrogen and oxygen atoms in total. The number of aliphatic hydroxyl groups is 1. The predicted molar refractivity (Wildman–Crippen MR) is 60.5 cm³/mol. The molecule has 0 amide bonds. The molecule has 5 heteroatoms. The second-order valence-corrected chi connectivity index (χ2v) is 4.69. The fourth-order valence-electron chi connectivity index (χ4n) is 1.93. The Labute approximate surface area is 93.5 Å². The number of anilines is 1. The minimum Gasteiger partial charge on any atom is -0.394 e. The quantitative estimate of drug-likeness (QED) is 0.839. The Bertz CT molecular complexity index is 329. The van der Waals surface area contributed by atoms with E-state index in [4.69, 9.17) is 4.74 Å². The van der Waals surface area contributed by atoms with Crippen molar-refractivity contribution in [3.05, 3.63) is 11.1 Å². The summed E-state index contributed by atoms with van der Waals surface area (Å²) in [6, 6.07) is 0.153. The zero-order chi connectivity index (χ0) is 10.8. The average Bonchev–Trinajstić information content (AvgIpc) is 2.82. The molecule has 0 spiro atoms. The van der Waals surface area contributed by atoms with Crippen LogP contribution in [-0.2, 0) is 4.74 Å². The summed E-state index contributed by atoms with van der Waals surface area (Å²) in [5.74, 6) is 0. The third kappa shape index (κ3) is 2.14. The number of thiazole rings is 1. The molecule has 0 radical (unpaired) electrons. The van der Waals surface area contributed by atoms with E-state index in [1.165, 1.54) is 0 Å². The lowest BCUT2D eigenvalue weighted by molar-refractivity contribution is 0.115. The van der Waals surface area contributed by atoms with Crippen molar-refractivity contribution in [3.8, 4) is 0 Å². The Morgan fingerprint density at radius 2 is 2.53 bits per heavy atom. The molecular formula is C10H16N2O2S. The number of methoxy groups -OCH3 is 1. The molecule has 2 rings (SSSR count). The summed E-state index contributed by atoms with van der Waals surface area (Å²) in [5, 5.41) is 12.3. The van der Waals surface area contributed by atoms with E-state index < -0.39 is 0 Å². The first kappa shape index (κ1) is 10.9. The van der Waals surface area contributed by atoms with Gasteiger partial charge in [0.1, 0.15) is 0 Å². The Hall–Kier alpha value is -0.650. The van der Waals surface area contributed by atoms with Gasteiger partial charge in [-0.1, -0.05) is 0 Å². The summed E-state index contributed by atoms with van der Waals surface area (Å²) < 4.78 is 5.33. The third-order valence-electron chi connectivity index (χ3n) is 2.77. The predicted octanol–water partition coefficient (Wildman–Crippen LogP) is 1.04. The largest absolute Gasteiger partial charge is 0.394 e. The zero-order valence-corrected chi connectivity index (χ0v) is 9.83. The molecule has 2 heterocycles. The van der Waals surface area contributed by atoms with Gasteiger partial charge in [0.25, 0.3) is 0 Å². The minimum absolute atomic E-state index is 0.153. The first-order valence-electron chi connectivity index (χ1n) is 5.07. The van der Waals surface area contributed by atoms with E-state index in [0.717, 1.165) is 23.8 Å². The van der Waals surface area contributed by atoms with E-state index in [0.29, 0.717) is 0 Å². The van der Waals surface area contributed by atoms with Gasteiger partial charge in [-0.15, -0.1) is 11.3 Å². The highest BCUT2D eigenvalue weighted by atomic mass is 32.1. The van der Waals surface area contributed by atoms with E-state index >= 15 is 0 Å². The van der Waals surface area contributed by atoms with Gasteiger partial charge in [0, 0.05) is 19.0 Å². The zero-order valence-electron chi connectivity index (χ0n) is 9.01. The molecule has 0 bridgehead atoms. The Morgan fingerprint density at radius 1 is 1.73 bits per heavy atom. The van der Waals surface area contributed by atoms with Crippen LogP contribution in [0.4, 0.5) is 5.13 Å². The molecule has 1 aromatic rings. The number of aryl methyl sites for hydroxylation is 1. The highest BCUT2D eigenvalue weighted by Crippen LogP contribution is 2.29. The van der Waals surface area contributed by atoms with E-state index in [9.17, 15) is 5.11 Å². The summed E-state index contributed by atoms with van der Waals surface area (Å²) in [5.41, 5.74) is 1.03. The van der Waals surface area contributed by atoms with Crippen LogP contribution < -0.4 is 4.90 Å². The maximum Gasteiger partial charge on any atom is 0.185 e. The smallest absolute Gasteiger partial charge is 0.185 e. The van der Waals surface area contributed by atoms with Crippen molar-refractivity contribution in [1.82, 2.24) is 4.98 Å². The number of aromatic nitrogens is 1. The fraction of sp³-hybridized carbons (Fsp3) is 0.700. The highest BCUT2D eigenvalue weighted by Gasteiger charge is 2.33. The number of ether oxygens (including phenoxy) is 1. The van der Waals surface area contributed by atoms with Crippen molar-refractivity contribution in [2.75, 3.05) is 25.2 Å². The Balaban J connectivity index is 2.14. The molecule has 0 saturated carbocycles. The number of nitrogens with zero attached hydrogens (tertiary/aromatic N) is 2. The molecule has 2 atom stereocenters. The highest BCUT2D eigenvalue weighted by molar-refractivity contribution is 7.13. The number of hydrogen-bond acceptors (Lipinski definition) is 5. The summed E-state index contributed by atoms with van der Waals surface area (Å²) in [7, 11) is 1.72. The second kappa shape index (κ2) is 4.47. The van der Waals surface area contributed by atoms with Crippen molar-refractivity contribution >= 4 is 16.5 Å². The van der Waals surface area contributed by atoms with Crippen LogP contribution in [0.5, 0.6) is 0 Å². The summed E-state index contributed by atoms with van der Waals surface area (Å²) in [4.78, 5) is 6.58. The number of rotatable bonds is 3. The number of aliphatic hydroxyl groups excluding tert-OH is 1. The molecule has 1 N–H and O–H groups in total. The topological polar surface area (TPSA) is 45.6 Å². The average molecular weight is 228 g/mol. The van der Waals surface area contributed by atoms with Crippen LogP contribution in [0.15, 0.2) is 5.38 Å². The Kier molecular flexibility index (Phi) is 3.23. The van der Waals surface area contributed by atoms with Gasteiger partial charge in [-0.3, -0.25) is 0 Å². The third-order valence-corrected chi connectivity index (χ3v) is 3.77. The molecule has 1 aliphatic rings. The lowest BCUT2D eigenvalue weighted by Gasteiger charge is -2.21. The van der Waals surface area contributed by atoms with Crippen LogP contribution in [0, 0.1) is 6.92 Å². The van der Waals surface area contributed by atoms with Crippen LogP contribution >= 0.6 is 11.3 Å². The molecule has 0 aromatic carbocycles. The maximum atomic E-state index is 9.30. The molecule has 1 saturated heterocycles. The van der Waals surface area contributed by atoms with Crippen LogP contribution in [-0.4, -0.2) is 42.5 Å². The summed E-state index contributed by atoms with van der Waals surface area (Å²) in [6.45, 7) is 2.98. The SMILES string of the molecule is CO[C@H]1C[C@H](CO)N(c2nc(C)cs2)C1. The van der Waals surface area contributed by atoms with Gasteiger partial charge >= 0.3 is 0 Å². The fourth-order valence-corrected chi connectivity index (χ4v) is 2.81. The van der Waals surface area contributed by atoms with Crippen LogP contribution in [0.25, 0.3) is 0 Å². The van der Waals surface area contributed by atoms with Gasteiger partial charge in [0.05, 0.1) is 24.4 Å². The first-order valence-corrected chi connectivity index (χ1v) is 5.95. The van der Waals surface area contributed by atoms with Crippen molar-refractivity contribution < 1.29 is 9.84 Å². The molecule has 0 aliphatic carbocycles. The van der Waals surface area contributed by atoms with E-state index in [1.54, 1.807) is 18.4 Å². The maximum absolute atomic E-state index is 9.30. The molecule has 0 unspecified atom stereocenters. The van der Waals surface area contributed by atoms with E-state index in [1.807, 2.05) is 12.3 Å². The van der Waals surface area contributed by atoms with Crippen molar-refractivity contribution in [2.24, 2.45) is 0 Å². The first-order chi connectivity index (χ1) is 7.24. The van der Waals surface area contributed by atoms with Crippen molar-refractivity contribution in [1.29, 1.82) is 0 Å². The Morgan fingerprint density at radius 3 is 3.07 bits per heavy atom. The van der Waals surface area contributed by atoms with Gasteiger partial charge in [-0.2, -0.15) is 0 Å². The lowest BCUT2D eigenvalue weighted by atomic mass is 10.2. The lowest BCUT2D eigenvalue weighted by Crippen LogP contribution is -2.32. The van der Waals surface area contributed by atoms with Crippen molar-refractivity contribution in [3.63, 3.8) is 0 Å². The van der Waals surface area contributed by atoms with Crippen LogP contribution in [0.2, 0.25) is 0 Å². The molecule has 15 heavy (non-hydrogen) atoms. The van der Waals surface area contributed by atoms with Crippen LogP contribution in [0.3, 0.4) is 0 Å².